The van der Waals surface area contributed by atoms with Gasteiger partial charge < -0.3 is 10.1 Å². The minimum atomic E-state index is -3.58. The molecule has 0 radical (unpaired) electrons. The van der Waals surface area contributed by atoms with Crippen molar-refractivity contribution in [2.45, 2.75) is 44.0 Å². The number of anilines is 1. The van der Waals surface area contributed by atoms with Crippen LogP contribution in [0.1, 0.15) is 44.1 Å². The maximum absolute atomic E-state index is 13.3. The highest BCUT2D eigenvalue weighted by atomic mass is 32.2. The first kappa shape index (κ1) is 29.0. The Bertz CT molecular complexity index is 1520. The van der Waals surface area contributed by atoms with Crippen LogP contribution in [0.2, 0.25) is 0 Å². The Morgan fingerprint density at radius 3 is 2.34 bits per heavy atom. The lowest BCUT2D eigenvalue weighted by Gasteiger charge is -2.36. The number of piperazine rings is 1. The predicted molar refractivity (Wildman–Crippen MR) is 164 cm³/mol. The molecule has 1 N–H and O–H groups in total. The van der Waals surface area contributed by atoms with E-state index in [1.54, 1.807) is 28.6 Å². The molecule has 0 amide bonds. The molecular formula is C32H39N5O3S. The molecule has 0 unspecified atom stereocenters. The van der Waals surface area contributed by atoms with Crippen LogP contribution in [0, 0.1) is 0 Å². The van der Waals surface area contributed by atoms with Crippen molar-refractivity contribution >= 4 is 26.7 Å². The van der Waals surface area contributed by atoms with Gasteiger partial charge in [0.2, 0.25) is 10.0 Å². The third-order valence-electron chi connectivity index (χ3n) is 7.59. The second kappa shape index (κ2) is 13.4. The van der Waals surface area contributed by atoms with Crippen molar-refractivity contribution in [3.8, 4) is 5.75 Å². The summed E-state index contributed by atoms with van der Waals surface area (Å²) < 4.78 is 33.9. The lowest BCUT2D eigenvalue weighted by Crippen LogP contribution is -2.49. The number of nitrogens with zero attached hydrogens (tertiary/aromatic N) is 4. The molecule has 1 aromatic heterocycles. The summed E-state index contributed by atoms with van der Waals surface area (Å²) in [5.41, 5.74) is 2.17. The molecule has 1 aliphatic rings. The average molecular weight is 574 g/mol. The molecule has 0 saturated carbocycles. The Morgan fingerprint density at radius 1 is 0.902 bits per heavy atom. The number of hydrogen-bond donors (Lipinski definition) is 1. The van der Waals surface area contributed by atoms with Crippen molar-refractivity contribution < 1.29 is 13.2 Å². The van der Waals surface area contributed by atoms with E-state index >= 15 is 0 Å². The predicted octanol–water partition coefficient (Wildman–Crippen LogP) is 5.53. The number of hydrogen-bond acceptors (Lipinski definition) is 7. The van der Waals surface area contributed by atoms with E-state index in [1.807, 2.05) is 30.3 Å². The van der Waals surface area contributed by atoms with Gasteiger partial charge in [0.05, 0.1) is 23.1 Å². The molecule has 41 heavy (non-hydrogen) atoms. The molecule has 9 heteroatoms. The summed E-state index contributed by atoms with van der Waals surface area (Å²) in [6.45, 7) is 7.64. The first-order valence-corrected chi connectivity index (χ1v) is 15.9. The van der Waals surface area contributed by atoms with Gasteiger partial charge in [-0.2, -0.15) is 4.31 Å². The first-order chi connectivity index (χ1) is 20.0. The number of aromatic nitrogens is 2. The highest BCUT2D eigenvalue weighted by molar-refractivity contribution is 7.89. The highest BCUT2D eigenvalue weighted by Gasteiger charge is 2.31. The molecule has 8 nitrogen and oxygen atoms in total. The Morgan fingerprint density at radius 2 is 1.61 bits per heavy atom. The van der Waals surface area contributed by atoms with Gasteiger partial charge in [-0.1, -0.05) is 55.8 Å². The highest BCUT2D eigenvalue weighted by Crippen LogP contribution is 2.27. The zero-order valence-electron chi connectivity index (χ0n) is 23.9. The van der Waals surface area contributed by atoms with Gasteiger partial charge in [0.1, 0.15) is 17.4 Å². The second-order valence-corrected chi connectivity index (χ2v) is 12.3. The van der Waals surface area contributed by atoms with E-state index < -0.39 is 10.0 Å². The van der Waals surface area contributed by atoms with Crippen LogP contribution < -0.4 is 10.1 Å². The second-order valence-electron chi connectivity index (χ2n) is 10.4. The molecular weight excluding hydrogens is 534 g/mol. The number of benzene rings is 3. The third-order valence-corrected chi connectivity index (χ3v) is 9.51. The van der Waals surface area contributed by atoms with Crippen LogP contribution >= 0.6 is 0 Å². The molecule has 4 aromatic rings. The molecule has 216 valence electrons. The van der Waals surface area contributed by atoms with E-state index in [-0.39, 0.29) is 6.04 Å². The Labute approximate surface area is 243 Å². The largest absolute Gasteiger partial charge is 0.494 e. The van der Waals surface area contributed by atoms with Crippen LogP contribution in [-0.4, -0.2) is 66.9 Å². The standard InChI is InChI=1S/C32H39N5O3S/c1-3-4-24-40-27-14-16-28(17-15-27)41(38,39)37-22-20-36(21-23-37)25(2)31-34-30-13-9-8-12-29(30)32(35-31)33-19-18-26-10-6-5-7-11-26/h5-17,25H,3-4,18-24H2,1-2H3,(H,33,34,35)/t25-/m1/s1. The SMILES string of the molecule is CCCCOc1ccc(S(=O)(=O)N2CCN([C@H](C)c3nc(NCCc4ccccc4)c4ccccc4n3)CC2)cc1. The summed E-state index contributed by atoms with van der Waals surface area (Å²) in [6.07, 6.45) is 2.92. The van der Waals surface area contributed by atoms with Crippen molar-refractivity contribution in [2.24, 2.45) is 0 Å². The summed E-state index contributed by atoms with van der Waals surface area (Å²) in [7, 11) is -3.58. The molecule has 0 aliphatic carbocycles. The summed E-state index contributed by atoms with van der Waals surface area (Å²) in [5.74, 6) is 2.26. The minimum Gasteiger partial charge on any atom is -0.494 e. The van der Waals surface area contributed by atoms with E-state index in [9.17, 15) is 8.42 Å². The van der Waals surface area contributed by atoms with Gasteiger partial charge in [0.25, 0.3) is 0 Å². The van der Waals surface area contributed by atoms with Crippen molar-refractivity contribution in [1.82, 2.24) is 19.2 Å². The molecule has 1 saturated heterocycles. The number of fused-ring (bicyclic) bond motifs is 1. The smallest absolute Gasteiger partial charge is 0.243 e. The Balaban J connectivity index is 1.24. The van der Waals surface area contributed by atoms with Crippen LogP contribution in [0.3, 0.4) is 0 Å². The Kier molecular flexibility index (Phi) is 9.49. The fraction of sp³-hybridized carbons (Fsp3) is 0.375. The van der Waals surface area contributed by atoms with E-state index in [2.05, 4.69) is 48.3 Å². The number of ether oxygens (including phenoxy) is 1. The van der Waals surface area contributed by atoms with E-state index in [4.69, 9.17) is 14.7 Å². The summed E-state index contributed by atoms with van der Waals surface area (Å²) in [5, 5.41) is 4.53. The summed E-state index contributed by atoms with van der Waals surface area (Å²) >= 11 is 0. The summed E-state index contributed by atoms with van der Waals surface area (Å²) in [6, 6.07) is 25.2. The van der Waals surface area contributed by atoms with Gasteiger partial charge in [-0.25, -0.2) is 18.4 Å². The summed E-state index contributed by atoms with van der Waals surface area (Å²) in [4.78, 5) is 12.4. The number of unbranched alkanes of at least 4 members (excludes halogenated alkanes) is 1. The van der Waals surface area contributed by atoms with Crippen molar-refractivity contribution in [2.75, 3.05) is 44.6 Å². The molecule has 1 fully saturated rings. The van der Waals surface area contributed by atoms with Gasteiger partial charge in [0, 0.05) is 38.1 Å². The third kappa shape index (κ3) is 7.04. The fourth-order valence-electron chi connectivity index (χ4n) is 5.07. The van der Waals surface area contributed by atoms with E-state index in [0.29, 0.717) is 43.4 Å². The molecule has 5 rings (SSSR count). The zero-order valence-corrected chi connectivity index (χ0v) is 24.7. The van der Waals surface area contributed by atoms with Crippen LogP contribution in [0.5, 0.6) is 5.75 Å². The first-order valence-electron chi connectivity index (χ1n) is 14.5. The molecule has 1 aliphatic heterocycles. The van der Waals surface area contributed by atoms with Crippen LogP contribution in [0.15, 0.2) is 83.8 Å². The lowest BCUT2D eigenvalue weighted by atomic mass is 10.1. The maximum atomic E-state index is 13.3. The maximum Gasteiger partial charge on any atom is 0.243 e. The van der Waals surface area contributed by atoms with Crippen molar-refractivity contribution in [3.63, 3.8) is 0 Å². The molecule has 2 heterocycles. The van der Waals surface area contributed by atoms with Gasteiger partial charge in [0.15, 0.2) is 0 Å². The van der Waals surface area contributed by atoms with Gasteiger partial charge in [-0.15, -0.1) is 0 Å². The minimum absolute atomic E-state index is 0.0568. The number of sulfonamides is 1. The monoisotopic (exact) mass is 573 g/mol. The normalized spacial score (nSPS) is 15.6. The quantitative estimate of drug-likeness (QED) is 0.223. The van der Waals surface area contributed by atoms with Gasteiger partial charge >= 0.3 is 0 Å². The Hall–Kier alpha value is -3.53. The lowest BCUT2D eigenvalue weighted by molar-refractivity contribution is 0.141. The van der Waals surface area contributed by atoms with Gasteiger partial charge in [-0.05, 0) is 61.7 Å². The molecule has 0 bridgehead atoms. The van der Waals surface area contributed by atoms with Gasteiger partial charge in [-0.3, -0.25) is 4.90 Å². The van der Waals surface area contributed by atoms with Crippen LogP contribution in [0.25, 0.3) is 10.9 Å². The van der Waals surface area contributed by atoms with E-state index in [1.165, 1.54) is 5.56 Å². The molecule has 0 spiro atoms. The fourth-order valence-corrected chi connectivity index (χ4v) is 6.49. The topological polar surface area (TPSA) is 87.7 Å². The number of para-hydroxylation sites is 1. The van der Waals surface area contributed by atoms with Crippen molar-refractivity contribution in [3.05, 3.63) is 90.3 Å². The number of rotatable bonds is 12. The van der Waals surface area contributed by atoms with E-state index in [0.717, 1.165) is 48.4 Å². The molecule has 3 aromatic carbocycles. The van der Waals surface area contributed by atoms with Crippen molar-refractivity contribution in [1.29, 1.82) is 0 Å². The average Bonchev–Trinajstić information content (AvgIpc) is 3.01. The molecule has 1 atom stereocenters. The number of nitrogens with one attached hydrogen (secondary N) is 1. The van der Waals surface area contributed by atoms with Crippen LogP contribution in [-0.2, 0) is 16.4 Å². The zero-order chi connectivity index (χ0) is 28.7. The van der Waals surface area contributed by atoms with Crippen LogP contribution in [0.4, 0.5) is 5.82 Å².